The van der Waals surface area contributed by atoms with Gasteiger partial charge < -0.3 is 25.2 Å². The number of ether oxygens (including phenoxy) is 2. The van der Waals surface area contributed by atoms with Crippen LogP contribution in [0.5, 0.6) is 0 Å². The lowest BCUT2D eigenvalue weighted by Crippen LogP contribution is -2.58. The van der Waals surface area contributed by atoms with Crippen LogP contribution in [0.4, 0.5) is 4.79 Å². The van der Waals surface area contributed by atoms with Gasteiger partial charge in [-0.1, -0.05) is 61.4 Å². The van der Waals surface area contributed by atoms with Gasteiger partial charge in [0.05, 0.1) is 6.04 Å². The fourth-order valence-electron chi connectivity index (χ4n) is 5.47. The predicted octanol–water partition coefficient (Wildman–Crippen LogP) is 3.20. The van der Waals surface area contributed by atoms with E-state index in [-0.39, 0.29) is 12.5 Å². The maximum atomic E-state index is 12.9. The number of carbonyl (C=O) groups excluding carboxylic acids is 2. The van der Waals surface area contributed by atoms with Crippen molar-refractivity contribution in [2.24, 2.45) is 0 Å². The van der Waals surface area contributed by atoms with Gasteiger partial charge in [0.2, 0.25) is 0 Å². The lowest BCUT2D eigenvalue weighted by molar-refractivity contribution is -0.149. The number of fused-ring (bicyclic) bond motifs is 3. The average Bonchev–Trinajstić information content (AvgIpc) is 3.56. The minimum Gasteiger partial charge on any atom is -0.480 e. The number of benzene rings is 2. The molecule has 2 aromatic carbocycles. The van der Waals surface area contributed by atoms with Gasteiger partial charge in [0.15, 0.2) is 6.10 Å². The first-order valence-electron chi connectivity index (χ1n) is 11.8. The van der Waals surface area contributed by atoms with E-state index in [1.54, 1.807) is 0 Å². The van der Waals surface area contributed by atoms with Gasteiger partial charge in [-0.3, -0.25) is 4.79 Å². The van der Waals surface area contributed by atoms with Gasteiger partial charge in [0, 0.05) is 12.5 Å². The highest BCUT2D eigenvalue weighted by molar-refractivity contribution is 5.90. The molecule has 2 amide bonds. The number of rotatable bonds is 6. The van der Waals surface area contributed by atoms with Gasteiger partial charge in [0.1, 0.15) is 12.1 Å². The van der Waals surface area contributed by atoms with E-state index >= 15 is 0 Å². The Bertz CT molecular complexity index is 1060. The number of nitrogens with one attached hydrogen (secondary N) is 2. The summed E-state index contributed by atoms with van der Waals surface area (Å²) in [4.78, 5) is 37.3. The molecule has 8 nitrogen and oxygen atoms in total. The van der Waals surface area contributed by atoms with E-state index in [0.717, 1.165) is 35.1 Å². The van der Waals surface area contributed by atoms with Gasteiger partial charge in [0.25, 0.3) is 5.91 Å². The molecule has 3 aliphatic rings. The molecule has 2 fully saturated rings. The first-order chi connectivity index (χ1) is 16.5. The molecule has 0 spiro atoms. The number of hydrogen-bond acceptors (Lipinski definition) is 5. The molecule has 2 aromatic rings. The van der Waals surface area contributed by atoms with Crippen molar-refractivity contribution >= 4 is 18.0 Å². The Balaban J connectivity index is 1.21. The molecule has 34 heavy (non-hydrogen) atoms. The third-order valence-electron chi connectivity index (χ3n) is 7.23. The van der Waals surface area contributed by atoms with Crippen molar-refractivity contribution in [3.05, 3.63) is 59.7 Å². The standard InChI is InChI=1S/C26H28N2O6/c29-23(28-26(24(30)31)12-5-6-13-26)22-21(11-14-33-22)27-25(32)34-15-20-18-9-3-1-7-16(18)17-8-2-4-10-19(17)20/h1-4,7-10,20-22H,5-6,11-15H2,(H,27,32)(H,28,29)(H,30,31)/t21-,22+/m1/s1. The summed E-state index contributed by atoms with van der Waals surface area (Å²) >= 11 is 0. The van der Waals surface area contributed by atoms with Crippen LogP contribution in [0.2, 0.25) is 0 Å². The number of carboxylic acids is 1. The molecule has 1 saturated carbocycles. The Morgan fingerprint density at radius 1 is 1.00 bits per heavy atom. The number of carbonyl (C=O) groups is 3. The second kappa shape index (κ2) is 9.10. The normalized spacial score (nSPS) is 22.6. The van der Waals surface area contributed by atoms with Crippen LogP contribution in [-0.2, 0) is 19.1 Å². The van der Waals surface area contributed by atoms with E-state index in [9.17, 15) is 19.5 Å². The van der Waals surface area contributed by atoms with Gasteiger partial charge in [-0.2, -0.15) is 0 Å². The first kappa shape index (κ1) is 22.4. The Labute approximate surface area is 197 Å². The Hall–Kier alpha value is -3.39. The second-order valence-electron chi connectivity index (χ2n) is 9.24. The molecule has 0 radical (unpaired) electrons. The summed E-state index contributed by atoms with van der Waals surface area (Å²) in [6, 6.07) is 15.6. The van der Waals surface area contributed by atoms with E-state index < -0.39 is 35.7 Å². The first-order valence-corrected chi connectivity index (χ1v) is 11.8. The highest BCUT2D eigenvalue weighted by Gasteiger charge is 2.46. The van der Waals surface area contributed by atoms with Gasteiger partial charge in [-0.15, -0.1) is 0 Å². The van der Waals surface area contributed by atoms with Crippen molar-refractivity contribution in [2.75, 3.05) is 13.2 Å². The SMILES string of the molecule is O=C(N[C@@H]1CCO[C@@H]1C(=O)NC1(C(=O)O)CCCC1)OCC1c2ccccc2-c2ccccc21. The number of alkyl carbamates (subject to hydrolysis) is 1. The van der Waals surface area contributed by atoms with E-state index in [4.69, 9.17) is 9.47 Å². The Morgan fingerprint density at radius 2 is 1.62 bits per heavy atom. The molecule has 1 aliphatic heterocycles. The van der Waals surface area contributed by atoms with Gasteiger partial charge in [-0.25, -0.2) is 9.59 Å². The van der Waals surface area contributed by atoms with Crippen LogP contribution < -0.4 is 10.6 Å². The maximum absolute atomic E-state index is 12.9. The maximum Gasteiger partial charge on any atom is 0.407 e. The highest BCUT2D eigenvalue weighted by Crippen LogP contribution is 2.44. The monoisotopic (exact) mass is 464 g/mol. The summed E-state index contributed by atoms with van der Waals surface area (Å²) < 4.78 is 11.1. The fourth-order valence-corrected chi connectivity index (χ4v) is 5.47. The molecule has 2 atom stereocenters. The van der Waals surface area contributed by atoms with Crippen LogP contribution in [0.25, 0.3) is 11.1 Å². The van der Waals surface area contributed by atoms with E-state index in [0.29, 0.717) is 25.9 Å². The summed E-state index contributed by atoms with van der Waals surface area (Å²) in [5, 5.41) is 15.1. The molecule has 0 bridgehead atoms. The summed E-state index contributed by atoms with van der Waals surface area (Å²) in [6.45, 7) is 0.471. The summed E-state index contributed by atoms with van der Waals surface area (Å²) in [5.74, 6) is -1.60. The molecule has 1 heterocycles. The van der Waals surface area contributed by atoms with Crippen LogP contribution in [0, 0.1) is 0 Å². The van der Waals surface area contributed by atoms with E-state index in [1.807, 2.05) is 36.4 Å². The lowest BCUT2D eigenvalue weighted by Gasteiger charge is -2.28. The summed E-state index contributed by atoms with van der Waals surface area (Å²) in [6.07, 6.45) is 1.17. The third-order valence-corrected chi connectivity index (χ3v) is 7.23. The molecule has 1 saturated heterocycles. The third kappa shape index (κ3) is 4.03. The molecule has 178 valence electrons. The molecule has 0 unspecified atom stereocenters. The molecule has 0 aromatic heterocycles. The average molecular weight is 465 g/mol. The van der Waals surface area contributed by atoms with Crippen molar-refractivity contribution in [1.29, 1.82) is 0 Å². The number of aliphatic carboxylic acids is 1. The molecule has 8 heteroatoms. The van der Waals surface area contributed by atoms with Gasteiger partial charge >= 0.3 is 12.1 Å². The summed E-state index contributed by atoms with van der Waals surface area (Å²) in [7, 11) is 0. The molecule has 2 aliphatic carbocycles. The largest absolute Gasteiger partial charge is 0.480 e. The molecular formula is C26H28N2O6. The van der Waals surface area contributed by atoms with E-state index in [1.165, 1.54) is 0 Å². The predicted molar refractivity (Wildman–Crippen MR) is 123 cm³/mol. The minimum atomic E-state index is -1.25. The number of hydrogen-bond donors (Lipinski definition) is 3. The topological polar surface area (TPSA) is 114 Å². The quantitative estimate of drug-likeness (QED) is 0.605. The fraction of sp³-hybridized carbons (Fsp3) is 0.423. The zero-order valence-electron chi connectivity index (χ0n) is 18.8. The summed E-state index contributed by atoms with van der Waals surface area (Å²) in [5.41, 5.74) is 3.28. The molecular weight excluding hydrogens is 436 g/mol. The number of carboxylic acid groups (broad SMARTS) is 1. The lowest BCUT2D eigenvalue weighted by atomic mass is 9.97. The molecule has 5 rings (SSSR count). The molecule has 3 N–H and O–H groups in total. The zero-order chi connectivity index (χ0) is 23.7. The Morgan fingerprint density at radius 3 is 2.24 bits per heavy atom. The minimum absolute atomic E-state index is 0.0603. The van der Waals surface area contributed by atoms with Crippen molar-refractivity contribution in [2.45, 2.75) is 55.7 Å². The second-order valence-corrected chi connectivity index (χ2v) is 9.24. The van der Waals surface area contributed by atoms with Crippen LogP contribution >= 0.6 is 0 Å². The van der Waals surface area contributed by atoms with Crippen LogP contribution in [0.15, 0.2) is 48.5 Å². The van der Waals surface area contributed by atoms with Crippen molar-refractivity contribution in [3.63, 3.8) is 0 Å². The van der Waals surface area contributed by atoms with Crippen molar-refractivity contribution in [1.82, 2.24) is 10.6 Å². The van der Waals surface area contributed by atoms with Crippen molar-refractivity contribution in [3.8, 4) is 11.1 Å². The van der Waals surface area contributed by atoms with Crippen LogP contribution in [0.1, 0.15) is 49.1 Å². The Kier molecular flexibility index (Phi) is 6.00. The highest BCUT2D eigenvalue weighted by atomic mass is 16.6. The zero-order valence-corrected chi connectivity index (χ0v) is 18.8. The smallest absolute Gasteiger partial charge is 0.407 e. The van der Waals surface area contributed by atoms with Gasteiger partial charge in [-0.05, 0) is 41.5 Å². The van der Waals surface area contributed by atoms with Crippen LogP contribution in [0.3, 0.4) is 0 Å². The van der Waals surface area contributed by atoms with Crippen LogP contribution in [-0.4, -0.2) is 54.0 Å². The van der Waals surface area contributed by atoms with E-state index in [2.05, 4.69) is 22.8 Å². The van der Waals surface area contributed by atoms with Crippen molar-refractivity contribution < 1.29 is 29.0 Å². The number of amides is 2.